The summed E-state index contributed by atoms with van der Waals surface area (Å²) in [6.07, 6.45) is 0.753. The van der Waals surface area contributed by atoms with E-state index in [-0.39, 0.29) is 36.6 Å². The van der Waals surface area contributed by atoms with Gasteiger partial charge in [0.05, 0.1) is 12.5 Å². The second kappa shape index (κ2) is 8.47. The molecule has 2 unspecified atom stereocenters. The van der Waals surface area contributed by atoms with Crippen LogP contribution in [0.3, 0.4) is 0 Å². The summed E-state index contributed by atoms with van der Waals surface area (Å²) < 4.78 is 18.1. The molecule has 4 amide bonds. The van der Waals surface area contributed by atoms with Crippen LogP contribution in [0, 0.1) is 17.7 Å². The molecule has 1 N–H and O–H groups in total. The highest BCUT2D eigenvalue weighted by Gasteiger charge is 2.38. The van der Waals surface area contributed by atoms with Crippen LogP contribution in [0.15, 0.2) is 24.3 Å². The van der Waals surface area contributed by atoms with E-state index in [1.807, 2.05) is 0 Å². The number of hydrogen-bond donors (Lipinski definition) is 1. The van der Waals surface area contributed by atoms with Crippen LogP contribution >= 0.6 is 0 Å². The molecule has 8 heteroatoms. The lowest BCUT2D eigenvalue weighted by Crippen LogP contribution is -2.56. The average Bonchev–Trinajstić information content (AvgIpc) is 3.00. The molecule has 1 aromatic carbocycles. The summed E-state index contributed by atoms with van der Waals surface area (Å²) in [5.41, 5.74) is 0.840. The molecule has 0 aliphatic carbocycles. The number of likely N-dealkylation sites (tertiary alicyclic amines) is 1. The molecule has 3 rings (SSSR count). The number of rotatable bonds is 7. The monoisotopic (exact) mass is 377 g/mol. The number of carbonyl (C=O) groups is 3. The zero-order valence-corrected chi connectivity index (χ0v) is 15.3. The molecule has 0 radical (unpaired) electrons. The second-order valence-corrected chi connectivity index (χ2v) is 7.07. The van der Waals surface area contributed by atoms with Crippen molar-refractivity contribution in [2.45, 2.75) is 12.8 Å². The Balaban J connectivity index is 1.60. The number of benzene rings is 1. The highest BCUT2D eigenvalue weighted by Crippen LogP contribution is 2.22. The van der Waals surface area contributed by atoms with E-state index in [0.717, 1.165) is 5.56 Å². The Bertz CT molecular complexity index is 709. The molecule has 2 heterocycles. The molecule has 2 atom stereocenters. The molecular weight excluding hydrogens is 353 g/mol. The van der Waals surface area contributed by atoms with Gasteiger partial charge in [0.25, 0.3) is 0 Å². The Kier molecular flexibility index (Phi) is 6.05. The van der Waals surface area contributed by atoms with E-state index in [4.69, 9.17) is 4.74 Å². The number of halogens is 1. The fraction of sp³-hybridized carbons (Fsp3) is 0.526. The van der Waals surface area contributed by atoms with Crippen LogP contribution in [0.5, 0.6) is 0 Å². The summed E-state index contributed by atoms with van der Waals surface area (Å²) in [4.78, 5) is 40.0. The van der Waals surface area contributed by atoms with Gasteiger partial charge < -0.3 is 15.0 Å². The minimum Gasteiger partial charge on any atom is -0.383 e. The summed E-state index contributed by atoms with van der Waals surface area (Å²) in [6.45, 7) is 1.97. The molecule has 27 heavy (non-hydrogen) atoms. The normalized spacial score (nSPS) is 23.1. The van der Waals surface area contributed by atoms with Crippen LogP contribution in [0.1, 0.15) is 12.0 Å². The standard InChI is InChI=1S/C19H24FN3O4/c1-27-7-6-22-11-14(9-17(22)24)12-23-18(25)15(10-21-19(23)26)8-13-2-4-16(20)5-3-13/h2-5,14-15H,6-12H2,1H3,(H,21,26). The zero-order valence-electron chi connectivity index (χ0n) is 15.3. The first-order chi connectivity index (χ1) is 13.0. The average molecular weight is 377 g/mol. The Hall–Kier alpha value is -2.48. The van der Waals surface area contributed by atoms with E-state index in [2.05, 4.69) is 5.32 Å². The van der Waals surface area contributed by atoms with Crippen LogP contribution < -0.4 is 5.32 Å². The SMILES string of the molecule is COCCN1CC(CN2C(=O)NCC(Cc3ccc(F)cc3)C2=O)CC1=O. The molecule has 2 saturated heterocycles. The number of methoxy groups -OCH3 is 1. The first-order valence-corrected chi connectivity index (χ1v) is 9.08. The predicted octanol–water partition coefficient (Wildman–Crippen LogP) is 1.03. The number of nitrogens with zero attached hydrogens (tertiary/aromatic N) is 2. The molecule has 2 aliphatic heterocycles. The highest BCUT2D eigenvalue weighted by atomic mass is 19.1. The van der Waals surface area contributed by atoms with Gasteiger partial charge in [-0.15, -0.1) is 0 Å². The van der Waals surface area contributed by atoms with E-state index >= 15 is 0 Å². The highest BCUT2D eigenvalue weighted by molar-refractivity contribution is 5.98. The summed E-state index contributed by atoms with van der Waals surface area (Å²) in [5, 5.41) is 2.75. The van der Waals surface area contributed by atoms with Crippen molar-refractivity contribution in [3.8, 4) is 0 Å². The molecule has 2 fully saturated rings. The molecule has 0 aromatic heterocycles. The van der Waals surface area contributed by atoms with Gasteiger partial charge in [-0.05, 0) is 24.1 Å². The third kappa shape index (κ3) is 4.63. The van der Waals surface area contributed by atoms with Crippen LogP contribution in [0.25, 0.3) is 0 Å². The fourth-order valence-electron chi connectivity index (χ4n) is 3.60. The quantitative estimate of drug-likeness (QED) is 0.770. The fourth-order valence-corrected chi connectivity index (χ4v) is 3.60. The number of ether oxygens (including phenoxy) is 1. The third-order valence-electron chi connectivity index (χ3n) is 5.06. The van der Waals surface area contributed by atoms with Gasteiger partial charge in [-0.2, -0.15) is 0 Å². The maximum atomic E-state index is 13.1. The van der Waals surface area contributed by atoms with Gasteiger partial charge in [0.1, 0.15) is 5.82 Å². The molecule has 0 bridgehead atoms. The minimum atomic E-state index is -0.418. The van der Waals surface area contributed by atoms with Gasteiger partial charge in [-0.3, -0.25) is 14.5 Å². The minimum absolute atomic E-state index is 0.0183. The van der Waals surface area contributed by atoms with E-state index in [1.165, 1.54) is 17.0 Å². The molecule has 7 nitrogen and oxygen atoms in total. The number of nitrogens with one attached hydrogen (secondary N) is 1. The Morgan fingerprint density at radius 2 is 1.96 bits per heavy atom. The summed E-state index contributed by atoms with van der Waals surface area (Å²) in [6, 6.07) is 5.59. The van der Waals surface area contributed by atoms with Crippen molar-refractivity contribution >= 4 is 17.8 Å². The number of hydrogen-bond acceptors (Lipinski definition) is 4. The van der Waals surface area contributed by atoms with E-state index in [0.29, 0.717) is 32.5 Å². The lowest BCUT2D eigenvalue weighted by Gasteiger charge is -2.33. The molecule has 0 saturated carbocycles. The molecule has 2 aliphatic rings. The van der Waals surface area contributed by atoms with Gasteiger partial charge in [0.15, 0.2) is 0 Å². The van der Waals surface area contributed by atoms with Crippen LogP contribution in [-0.2, 0) is 20.7 Å². The van der Waals surface area contributed by atoms with Gasteiger partial charge in [-0.25, -0.2) is 9.18 Å². The number of imide groups is 1. The zero-order chi connectivity index (χ0) is 19.4. The van der Waals surface area contributed by atoms with Crippen molar-refractivity contribution in [3.63, 3.8) is 0 Å². The lowest BCUT2D eigenvalue weighted by atomic mass is 9.95. The molecular formula is C19H24FN3O4. The summed E-state index contributed by atoms with van der Waals surface area (Å²) in [5.74, 6) is -1.02. The maximum absolute atomic E-state index is 13.1. The maximum Gasteiger partial charge on any atom is 0.324 e. The van der Waals surface area contributed by atoms with Crippen molar-refractivity contribution < 1.29 is 23.5 Å². The Morgan fingerprint density at radius 1 is 1.22 bits per heavy atom. The van der Waals surface area contributed by atoms with E-state index in [1.54, 1.807) is 24.1 Å². The Morgan fingerprint density at radius 3 is 2.67 bits per heavy atom. The topological polar surface area (TPSA) is 79.0 Å². The number of amides is 4. The van der Waals surface area contributed by atoms with Crippen LogP contribution in [0.2, 0.25) is 0 Å². The van der Waals surface area contributed by atoms with Crippen molar-refractivity contribution in [1.29, 1.82) is 0 Å². The van der Waals surface area contributed by atoms with Crippen LogP contribution in [-0.4, -0.2) is 67.5 Å². The number of carbonyl (C=O) groups excluding carboxylic acids is 3. The molecule has 1 aromatic rings. The van der Waals surface area contributed by atoms with Crippen molar-refractivity contribution in [2.75, 3.05) is 39.9 Å². The van der Waals surface area contributed by atoms with Gasteiger partial charge in [0, 0.05) is 45.6 Å². The van der Waals surface area contributed by atoms with Crippen LogP contribution in [0.4, 0.5) is 9.18 Å². The van der Waals surface area contributed by atoms with Crippen molar-refractivity contribution in [1.82, 2.24) is 15.1 Å². The van der Waals surface area contributed by atoms with Crippen molar-refractivity contribution in [2.24, 2.45) is 11.8 Å². The largest absolute Gasteiger partial charge is 0.383 e. The number of urea groups is 1. The van der Waals surface area contributed by atoms with E-state index in [9.17, 15) is 18.8 Å². The van der Waals surface area contributed by atoms with E-state index < -0.39 is 11.9 Å². The predicted molar refractivity (Wildman–Crippen MR) is 95.3 cm³/mol. The van der Waals surface area contributed by atoms with Gasteiger partial charge >= 0.3 is 6.03 Å². The molecule has 146 valence electrons. The first kappa shape index (κ1) is 19.3. The molecule has 0 spiro atoms. The first-order valence-electron chi connectivity index (χ1n) is 9.08. The van der Waals surface area contributed by atoms with Crippen molar-refractivity contribution in [3.05, 3.63) is 35.6 Å². The second-order valence-electron chi connectivity index (χ2n) is 7.07. The summed E-state index contributed by atoms with van der Waals surface area (Å²) in [7, 11) is 1.58. The summed E-state index contributed by atoms with van der Waals surface area (Å²) >= 11 is 0. The third-order valence-corrected chi connectivity index (χ3v) is 5.06. The van der Waals surface area contributed by atoms with Gasteiger partial charge in [-0.1, -0.05) is 12.1 Å². The Labute approximate surface area is 157 Å². The van der Waals surface area contributed by atoms with Gasteiger partial charge in [0.2, 0.25) is 11.8 Å². The lowest BCUT2D eigenvalue weighted by molar-refractivity contribution is -0.134. The smallest absolute Gasteiger partial charge is 0.324 e.